The van der Waals surface area contributed by atoms with Crippen molar-refractivity contribution in [3.8, 4) is 23.5 Å². The Morgan fingerprint density at radius 2 is 1.65 bits per heavy atom. The molecule has 0 aliphatic carbocycles. The molecule has 5 heteroatoms. The van der Waals surface area contributed by atoms with E-state index in [0.29, 0.717) is 17.2 Å². The molecule has 0 heterocycles. The van der Waals surface area contributed by atoms with Crippen LogP contribution in [0.3, 0.4) is 0 Å². The van der Waals surface area contributed by atoms with Crippen LogP contribution in [0.2, 0.25) is 0 Å². The molecular formula is C21H31NO4. The average molecular weight is 361 g/mol. The zero-order valence-electron chi connectivity index (χ0n) is 16.8. The van der Waals surface area contributed by atoms with E-state index in [1.165, 1.54) is 17.7 Å². The molecule has 5 nitrogen and oxygen atoms in total. The van der Waals surface area contributed by atoms with Gasteiger partial charge in [-0.1, -0.05) is 32.1 Å². The van der Waals surface area contributed by atoms with Crippen LogP contribution in [0.25, 0.3) is 0 Å². The molecule has 0 spiro atoms. The second-order valence-electron chi connectivity index (χ2n) is 6.99. The maximum Gasteiger partial charge on any atom is 0.426 e. The Morgan fingerprint density at radius 3 is 2.15 bits per heavy atom. The molecule has 26 heavy (non-hydrogen) atoms. The number of rotatable bonds is 7. The van der Waals surface area contributed by atoms with E-state index in [0.717, 1.165) is 19.3 Å². The molecule has 0 radical (unpaired) electrons. The van der Waals surface area contributed by atoms with Crippen LogP contribution in [-0.4, -0.2) is 25.9 Å². The quantitative estimate of drug-likeness (QED) is 0.372. The lowest BCUT2D eigenvalue weighted by Crippen LogP contribution is -2.34. The molecule has 1 amide bonds. The first-order valence-electron chi connectivity index (χ1n) is 9.05. The van der Waals surface area contributed by atoms with Crippen LogP contribution >= 0.6 is 0 Å². The third-order valence-corrected chi connectivity index (χ3v) is 3.52. The number of benzene rings is 1. The van der Waals surface area contributed by atoms with Gasteiger partial charge in [-0.15, -0.1) is 0 Å². The van der Waals surface area contributed by atoms with Gasteiger partial charge in [-0.25, -0.2) is 9.69 Å². The minimum absolute atomic E-state index is 0.520. The van der Waals surface area contributed by atoms with Crippen LogP contribution in [0.4, 0.5) is 10.5 Å². The van der Waals surface area contributed by atoms with Crippen LogP contribution in [-0.2, 0) is 4.74 Å². The third-order valence-electron chi connectivity index (χ3n) is 3.52. The van der Waals surface area contributed by atoms with Gasteiger partial charge in [0, 0.05) is 30.7 Å². The van der Waals surface area contributed by atoms with Crippen molar-refractivity contribution in [2.45, 2.75) is 65.4 Å². The maximum absolute atomic E-state index is 12.6. The summed E-state index contributed by atoms with van der Waals surface area (Å²) in [5, 5.41) is 0. The summed E-state index contributed by atoms with van der Waals surface area (Å²) in [7, 11) is 3.13. The summed E-state index contributed by atoms with van der Waals surface area (Å²) in [5.74, 6) is 4.24. The minimum Gasteiger partial charge on any atom is -0.497 e. The molecule has 0 aromatic heterocycles. The zero-order valence-corrected chi connectivity index (χ0v) is 16.8. The van der Waals surface area contributed by atoms with Gasteiger partial charge in [-0.3, -0.25) is 0 Å². The summed E-state index contributed by atoms with van der Waals surface area (Å²) in [6.45, 7) is 7.65. The number of hydrogen-bond donors (Lipinski definition) is 0. The monoisotopic (exact) mass is 361 g/mol. The summed E-state index contributed by atoms with van der Waals surface area (Å²) in [5.41, 5.74) is -0.0577. The van der Waals surface area contributed by atoms with Crippen molar-refractivity contribution >= 4 is 11.8 Å². The molecule has 0 saturated carbocycles. The molecule has 0 saturated heterocycles. The van der Waals surface area contributed by atoms with Crippen molar-refractivity contribution in [3.05, 3.63) is 18.2 Å². The van der Waals surface area contributed by atoms with Gasteiger partial charge < -0.3 is 14.2 Å². The lowest BCUT2D eigenvalue weighted by atomic mass is 10.2. The predicted molar refractivity (Wildman–Crippen MR) is 105 cm³/mol. The number of unbranched alkanes of at least 4 members (excludes halogenated alkanes) is 4. The van der Waals surface area contributed by atoms with Gasteiger partial charge in [0.05, 0.1) is 19.9 Å². The normalized spacial score (nSPS) is 10.5. The number of carbonyl (C=O) groups excluding carboxylic acids is 1. The summed E-state index contributed by atoms with van der Waals surface area (Å²) in [6, 6.07) is 8.15. The first kappa shape index (κ1) is 21.7. The van der Waals surface area contributed by atoms with Gasteiger partial charge in [-0.2, -0.15) is 0 Å². The summed E-state index contributed by atoms with van der Waals surface area (Å²) in [4.78, 5) is 14.0. The third kappa shape index (κ3) is 7.69. The largest absolute Gasteiger partial charge is 0.497 e. The molecule has 0 bridgehead atoms. The van der Waals surface area contributed by atoms with E-state index >= 15 is 0 Å². The smallest absolute Gasteiger partial charge is 0.426 e. The standard InChI is InChI=1S/C21H31NO4/c1-7-8-9-10-11-12-13-22(20(23)26-21(2,3)4)17-14-18(24-5)16-19(15-17)25-6/h14-16H,7-11H2,1-6H3. The van der Waals surface area contributed by atoms with Crippen LogP contribution in [0.15, 0.2) is 18.2 Å². The number of methoxy groups -OCH3 is 2. The van der Waals surface area contributed by atoms with Gasteiger partial charge in [0.1, 0.15) is 17.1 Å². The number of nitrogens with zero attached hydrogens (tertiary/aromatic N) is 1. The Bertz CT molecular complexity index is 615. The van der Waals surface area contributed by atoms with E-state index in [1.807, 2.05) is 20.8 Å². The lowest BCUT2D eigenvalue weighted by molar-refractivity contribution is 0.0600. The van der Waals surface area contributed by atoms with Gasteiger partial charge in [0.25, 0.3) is 0 Å². The molecule has 0 aliphatic rings. The minimum atomic E-state index is -0.610. The number of ether oxygens (including phenoxy) is 3. The zero-order chi connectivity index (χ0) is 19.6. The Kier molecular flexibility index (Phi) is 8.84. The second kappa shape index (κ2) is 10.6. The second-order valence-corrected chi connectivity index (χ2v) is 6.99. The van der Waals surface area contributed by atoms with Crippen molar-refractivity contribution < 1.29 is 19.0 Å². The molecular weight excluding hydrogens is 330 g/mol. The fourth-order valence-electron chi connectivity index (χ4n) is 2.22. The molecule has 0 aliphatic heterocycles. The summed E-state index contributed by atoms with van der Waals surface area (Å²) in [6.07, 6.45) is 4.76. The van der Waals surface area contributed by atoms with Gasteiger partial charge >= 0.3 is 6.09 Å². The average Bonchev–Trinajstić information content (AvgIpc) is 2.58. The van der Waals surface area contributed by atoms with Crippen LogP contribution in [0, 0.1) is 12.0 Å². The van der Waals surface area contributed by atoms with Crippen molar-refractivity contribution in [1.82, 2.24) is 0 Å². The Balaban J connectivity index is 3.08. The fraction of sp³-hybridized carbons (Fsp3) is 0.571. The Hall–Kier alpha value is -2.35. The van der Waals surface area contributed by atoms with Crippen molar-refractivity contribution in [1.29, 1.82) is 0 Å². The first-order chi connectivity index (χ1) is 12.3. The molecule has 0 fully saturated rings. The maximum atomic E-state index is 12.6. The topological polar surface area (TPSA) is 48.0 Å². The summed E-state index contributed by atoms with van der Waals surface area (Å²) >= 11 is 0. The van der Waals surface area contributed by atoms with E-state index in [9.17, 15) is 4.79 Å². The van der Waals surface area contributed by atoms with E-state index in [-0.39, 0.29) is 0 Å². The van der Waals surface area contributed by atoms with Crippen molar-refractivity contribution in [2.24, 2.45) is 0 Å². The van der Waals surface area contributed by atoms with Gasteiger partial charge in [0.15, 0.2) is 0 Å². The SMILES string of the molecule is CCCCCCC#CN(C(=O)OC(C)(C)C)c1cc(OC)cc(OC)c1. The molecule has 1 aromatic rings. The van der Waals surface area contributed by atoms with Crippen LogP contribution in [0.1, 0.15) is 59.8 Å². The van der Waals surface area contributed by atoms with E-state index < -0.39 is 11.7 Å². The van der Waals surface area contributed by atoms with Gasteiger partial charge in [0.2, 0.25) is 0 Å². The Labute approximate surface area is 157 Å². The highest BCUT2D eigenvalue weighted by atomic mass is 16.6. The van der Waals surface area contributed by atoms with Gasteiger partial charge in [-0.05, 0) is 27.2 Å². The molecule has 144 valence electrons. The molecule has 1 aromatic carbocycles. The van der Waals surface area contributed by atoms with Crippen molar-refractivity contribution in [3.63, 3.8) is 0 Å². The number of hydrogen-bond acceptors (Lipinski definition) is 4. The van der Waals surface area contributed by atoms with Crippen LogP contribution < -0.4 is 14.4 Å². The van der Waals surface area contributed by atoms with Crippen LogP contribution in [0.5, 0.6) is 11.5 Å². The highest BCUT2D eigenvalue weighted by Crippen LogP contribution is 2.29. The highest BCUT2D eigenvalue weighted by Gasteiger charge is 2.23. The number of carbonyl (C=O) groups is 1. The fourth-order valence-corrected chi connectivity index (χ4v) is 2.22. The summed E-state index contributed by atoms with van der Waals surface area (Å²) < 4.78 is 16.1. The molecule has 0 N–H and O–H groups in total. The van der Waals surface area contributed by atoms with E-state index in [1.54, 1.807) is 32.4 Å². The van der Waals surface area contributed by atoms with Crippen molar-refractivity contribution in [2.75, 3.05) is 19.1 Å². The molecule has 0 unspecified atom stereocenters. The van der Waals surface area contributed by atoms with E-state index in [4.69, 9.17) is 14.2 Å². The molecule has 1 rings (SSSR count). The van der Waals surface area contributed by atoms with E-state index in [2.05, 4.69) is 18.9 Å². The predicted octanol–water partition coefficient (Wildman–Crippen LogP) is 5.38. The number of amides is 1. The Morgan fingerprint density at radius 1 is 1.04 bits per heavy atom. The first-order valence-corrected chi connectivity index (χ1v) is 9.05. The number of anilines is 1. The lowest BCUT2D eigenvalue weighted by Gasteiger charge is -2.24. The highest BCUT2D eigenvalue weighted by molar-refractivity contribution is 5.92. The molecule has 0 atom stereocenters.